The van der Waals surface area contributed by atoms with Crippen molar-refractivity contribution in [3.63, 3.8) is 0 Å². The molecular formula is C21H17BrN4O3S. The van der Waals surface area contributed by atoms with Gasteiger partial charge in [-0.3, -0.25) is 0 Å². The van der Waals surface area contributed by atoms with Crippen LogP contribution in [0.4, 0.5) is 0 Å². The molecule has 4 aromatic rings. The lowest BCUT2D eigenvalue weighted by Crippen LogP contribution is -2.16. The van der Waals surface area contributed by atoms with Crippen LogP contribution in [0, 0.1) is 6.92 Å². The number of hydrogen-bond acceptors (Lipinski definition) is 6. The molecule has 9 heteroatoms. The number of rotatable bonds is 5. The molecule has 152 valence electrons. The summed E-state index contributed by atoms with van der Waals surface area (Å²) in [7, 11) is -2.44. The fourth-order valence-corrected chi connectivity index (χ4v) is 4.91. The monoisotopic (exact) mass is 484 g/mol. The van der Waals surface area contributed by atoms with Gasteiger partial charge in [-0.05, 0) is 49.4 Å². The standard InChI is InChI=1S/C21H17BrN4O3S/c1-14-20(16-10-11-23-24-13-16)25-26(21(14)15-4-3-5-17(22)12-15)30(27,28)19-8-6-18(29-2)7-9-19/h3-13H,1-2H3. The minimum atomic E-state index is -3.97. The lowest BCUT2D eigenvalue weighted by atomic mass is 10.0. The summed E-state index contributed by atoms with van der Waals surface area (Å²) in [6.07, 6.45) is 3.11. The maximum absolute atomic E-state index is 13.5. The van der Waals surface area contributed by atoms with E-state index in [-0.39, 0.29) is 4.90 Å². The van der Waals surface area contributed by atoms with E-state index in [4.69, 9.17) is 4.74 Å². The summed E-state index contributed by atoms with van der Waals surface area (Å²) in [5.41, 5.74) is 3.14. The Labute approximate surface area is 182 Å². The number of nitrogens with zero attached hydrogens (tertiary/aromatic N) is 4. The van der Waals surface area contributed by atoms with Crippen LogP contribution in [0.15, 0.2) is 76.4 Å². The van der Waals surface area contributed by atoms with Crippen molar-refractivity contribution < 1.29 is 13.2 Å². The SMILES string of the molecule is COc1ccc(S(=O)(=O)n2nc(-c3ccnnc3)c(C)c2-c2cccc(Br)c2)cc1. The number of ether oxygens (including phenoxy) is 1. The van der Waals surface area contributed by atoms with Crippen LogP contribution in [-0.2, 0) is 10.0 Å². The zero-order valence-electron chi connectivity index (χ0n) is 16.2. The highest BCUT2D eigenvalue weighted by Gasteiger charge is 2.27. The highest BCUT2D eigenvalue weighted by atomic mass is 79.9. The van der Waals surface area contributed by atoms with Gasteiger partial charge in [-0.2, -0.15) is 27.8 Å². The average Bonchev–Trinajstić information content (AvgIpc) is 3.12. The van der Waals surface area contributed by atoms with E-state index in [1.807, 2.05) is 31.2 Å². The molecule has 2 aromatic heterocycles. The number of benzene rings is 2. The largest absolute Gasteiger partial charge is 0.497 e. The second kappa shape index (κ2) is 8.00. The predicted molar refractivity (Wildman–Crippen MR) is 117 cm³/mol. The molecule has 0 unspecified atom stereocenters. The molecular weight excluding hydrogens is 468 g/mol. The summed E-state index contributed by atoms with van der Waals surface area (Å²) < 4.78 is 34.1. The summed E-state index contributed by atoms with van der Waals surface area (Å²) in [6.45, 7) is 1.85. The summed E-state index contributed by atoms with van der Waals surface area (Å²) in [5, 5.41) is 12.2. The van der Waals surface area contributed by atoms with E-state index < -0.39 is 10.0 Å². The van der Waals surface area contributed by atoms with Gasteiger partial charge in [0, 0.05) is 21.2 Å². The van der Waals surface area contributed by atoms with Crippen LogP contribution in [0.3, 0.4) is 0 Å². The summed E-state index contributed by atoms with van der Waals surface area (Å²) in [5.74, 6) is 0.571. The first-order valence-corrected chi connectivity index (χ1v) is 11.2. The normalized spacial score (nSPS) is 11.4. The number of methoxy groups -OCH3 is 1. The maximum Gasteiger partial charge on any atom is 0.283 e. The molecule has 7 nitrogen and oxygen atoms in total. The minimum absolute atomic E-state index is 0.112. The van der Waals surface area contributed by atoms with Crippen molar-refractivity contribution in [1.29, 1.82) is 0 Å². The Morgan fingerprint density at radius 1 is 1.00 bits per heavy atom. The molecule has 0 aliphatic carbocycles. The summed E-state index contributed by atoms with van der Waals surface area (Å²) >= 11 is 3.46. The smallest absolute Gasteiger partial charge is 0.283 e. The number of hydrogen-bond donors (Lipinski definition) is 0. The van der Waals surface area contributed by atoms with Crippen molar-refractivity contribution in [3.05, 3.63) is 77.0 Å². The zero-order valence-corrected chi connectivity index (χ0v) is 18.6. The van der Waals surface area contributed by atoms with E-state index in [9.17, 15) is 8.42 Å². The Hall–Kier alpha value is -3.04. The molecule has 0 aliphatic heterocycles. The third-order valence-electron chi connectivity index (χ3n) is 4.63. The molecule has 4 rings (SSSR count). The molecule has 0 bridgehead atoms. The molecule has 0 N–H and O–H groups in total. The lowest BCUT2D eigenvalue weighted by molar-refractivity contribution is 0.414. The van der Waals surface area contributed by atoms with Crippen molar-refractivity contribution in [1.82, 2.24) is 19.4 Å². The quantitative estimate of drug-likeness (QED) is 0.419. The second-order valence-corrected chi connectivity index (χ2v) is 9.17. The van der Waals surface area contributed by atoms with Gasteiger partial charge in [0.25, 0.3) is 10.0 Å². The highest BCUT2D eigenvalue weighted by Crippen LogP contribution is 2.34. The van der Waals surface area contributed by atoms with Crippen LogP contribution >= 0.6 is 15.9 Å². The van der Waals surface area contributed by atoms with Gasteiger partial charge in [0.1, 0.15) is 5.75 Å². The van der Waals surface area contributed by atoms with Gasteiger partial charge in [0.05, 0.1) is 35.8 Å². The molecule has 0 atom stereocenters. The van der Waals surface area contributed by atoms with Gasteiger partial charge in [0.15, 0.2) is 0 Å². The second-order valence-electron chi connectivity index (χ2n) is 6.49. The highest BCUT2D eigenvalue weighted by molar-refractivity contribution is 9.10. The van der Waals surface area contributed by atoms with Crippen molar-refractivity contribution in [2.75, 3.05) is 7.11 Å². The number of aromatic nitrogens is 4. The van der Waals surface area contributed by atoms with Crippen LogP contribution in [0.2, 0.25) is 0 Å². The molecule has 0 spiro atoms. The predicted octanol–water partition coefficient (Wildman–Crippen LogP) is 4.32. The van der Waals surface area contributed by atoms with Crippen LogP contribution in [0.25, 0.3) is 22.5 Å². The van der Waals surface area contributed by atoms with Gasteiger partial charge in [-0.1, -0.05) is 28.1 Å². The maximum atomic E-state index is 13.5. The molecule has 0 fully saturated rings. The molecule has 0 saturated carbocycles. The summed E-state index contributed by atoms with van der Waals surface area (Å²) in [6, 6.07) is 15.4. The first kappa shape index (κ1) is 20.2. The van der Waals surface area contributed by atoms with Crippen molar-refractivity contribution in [2.45, 2.75) is 11.8 Å². The fourth-order valence-electron chi connectivity index (χ4n) is 3.16. The lowest BCUT2D eigenvalue weighted by Gasteiger charge is -2.10. The molecule has 0 saturated heterocycles. The molecule has 2 heterocycles. The van der Waals surface area contributed by atoms with Gasteiger partial charge >= 0.3 is 0 Å². The Balaban J connectivity index is 1.98. The molecule has 2 aromatic carbocycles. The van der Waals surface area contributed by atoms with E-state index in [2.05, 4.69) is 31.2 Å². The molecule has 0 aliphatic rings. The number of halogens is 1. The molecule has 0 amide bonds. The molecule has 30 heavy (non-hydrogen) atoms. The minimum Gasteiger partial charge on any atom is -0.497 e. The molecule has 0 radical (unpaired) electrons. The van der Waals surface area contributed by atoms with Gasteiger partial charge in [-0.15, -0.1) is 0 Å². The third kappa shape index (κ3) is 3.61. The Bertz CT molecular complexity index is 1300. The van der Waals surface area contributed by atoms with E-state index in [0.29, 0.717) is 22.7 Å². The third-order valence-corrected chi connectivity index (χ3v) is 6.71. The van der Waals surface area contributed by atoms with E-state index in [1.165, 1.54) is 19.2 Å². The van der Waals surface area contributed by atoms with Crippen LogP contribution in [0.5, 0.6) is 5.75 Å². The van der Waals surface area contributed by atoms with Crippen LogP contribution in [-0.4, -0.2) is 34.9 Å². The topological polar surface area (TPSA) is 87.0 Å². The Kier molecular flexibility index (Phi) is 5.40. The van der Waals surface area contributed by atoms with E-state index >= 15 is 0 Å². The van der Waals surface area contributed by atoms with Crippen LogP contribution < -0.4 is 4.74 Å². The van der Waals surface area contributed by atoms with Gasteiger partial charge < -0.3 is 4.74 Å². The average molecular weight is 485 g/mol. The first-order chi connectivity index (χ1) is 14.4. The first-order valence-electron chi connectivity index (χ1n) is 8.94. The Morgan fingerprint density at radius 3 is 2.40 bits per heavy atom. The summed E-state index contributed by atoms with van der Waals surface area (Å²) in [4.78, 5) is 0.112. The van der Waals surface area contributed by atoms with E-state index in [0.717, 1.165) is 19.7 Å². The van der Waals surface area contributed by atoms with Crippen molar-refractivity contribution in [2.24, 2.45) is 0 Å². The van der Waals surface area contributed by atoms with Crippen LogP contribution in [0.1, 0.15) is 5.56 Å². The Morgan fingerprint density at radius 2 is 1.77 bits per heavy atom. The van der Waals surface area contributed by atoms with Crippen molar-refractivity contribution >= 4 is 26.0 Å². The van der Waals surface area contributed by atoms with Gasteiger partial charge in [-0.25, -0.2) is 0 Å². The van der Waals surface area contributed by atoms with Crippen molar-refractivity contribution in [3.8, 4) is 28.3 Å². The van der Waals surface area contributed by atoms with E-state index in [1.54, 1.807) is 30.6 Å². The van der Waals surface area contributed by atoms with Gasteiger partial charge in [0.2, 0.25) is 0 Å². The zero-order chi connectivity index (χ0) is 21.3. The fraction of sp³-hybridized carbons (Fsp3) is 0.0952.